The minimum atomic E-state index is -0.361. The molecular weight excluding hydrogens is 279 g/mol. The summed E-state index contributed by atoms with van der Waals surface area (Å²) < 4.78 is 15.8. The molecule has 1 heterocycles. The molecule has 0 fully saturated rings. The topological polar surface area (TPSA) is 55.9 Å². The number of hydrazine groups is 1. The summed E-state index contributed by atoms with van der Waals surface area (Å²) in [6, 6.07) is 4.29. The highest BCUT2D eigenvalue weighted by molar-refractivity contribution is 6.30. The van der Waals surface area contributed by atoms with Gasteiger partial charge in [-0.15, -0.1) is 0 Å². The number of aryl methyl sites for hydroxylation is 2. The van der Waals surface area contributed by atoms with Crippen LogP contribution < -0.4 is 11.3 Å². The van der Waals surface area contributed by atoms with E-state index in [2.05, 4.69) is 10.5 Å². The number of benzene rings is 1. The van der Waals surface area contributed by atoms with Crippen LogP contribution in [0.15, 0.2) is 18.2 Å². The SMILES string of the molecule is Cc1nn(C)c(C)c1CC(NN)c1ccc(Cl)cc1F. The van der Waals surface area contributed by atoms with E-state index in [4.69, 9.17) is 17.4 Å². The molecule has 0 spiro atoms. The normalized spacial score (nSPS) is 12.7. The highest BCUT2D eigenvalue weighted by Crippen LogP contribution is 2.25. The van der Waals surface area contributed by atoms with Gasteiger partial charge in [-0.05, 0) is 38.0 Å². The van der Waals surface area contributed by atoms with Crippen LogP contribution in [0, 0.1) is 19.7 Å². The molecule has 3 N–H and O–H groups in total. The third kappa shape index (κ3) is 2.85. The van der Waals surface area contributed by atoms with E-state index in [9.17, 15) is 4.39 Å². The van der Waals surface area contributed by atoms with Crippen LogP contribution in [0.3, 0.4) is 0 Å². The summed E-state index contributed by atoms with van der Waals surface area (Å²) in [5, 5.41) is 4.73. The van der Waals surface area contributed by atoms with Crippen LogP contribution in [-0.2, 0) is 13.5 Å². The van der Waals surface area contributed by atoms with Gasteiger partial charge in [0.1, 0.15) is 5.82 Å². The molecule has 0 bridgehead atoms. The number of nitrogens with zero attached hydrogens (tertiary/aromatic N) is 2. The van der Waals surface area contributed by atoms with Crippen LogP contribution in [0.5, 0.6) is 0 Å². The molecule has 2 rings (SSSR count). The van der Waals surface area contributed by atoms with Gasteiger partial charge in [-0.1, -0.05) is 17.7 Å². The van der Waals surface area contributed by atoms with Crippen molar-refractivity contribution < 1.29 is 4.39 Å². The van der Waals surface area contributed by atoms with Crippen molar-refractivity contribution in [1.82, 2.24) is 15.2 Å². The van der Waals surface area contributed by atoms with Crippen LogP contribution in [0.2, 0.25) is 5.02 Å². The molecule has 0 aliphatic rings. The van der Waals surface area contributed by atoms with Crippen LogP contribution in [0.4, 0.5) is 4.39 Å². The molecule has 1 aromatic carbocycles. The first-order valence-corrected chi connectivity index (χ1v) is 6.72. The minimum Gasteiger partial charge on any atom is -0.272 e. The van der Waals surface area contributed by atoms with E-state index in [0.29, 0.717) is 17.0 Å². The van der Waals surface area contributed by atoms with E-state index < -0.39 is 0 Å². The van der Waals surface area contributed by atoms with Gasteiger partial charge in [0.05, 0.1) is 11.7 Å². The molecule has 108 valence electrons. The molecule has 0 saturated heterocycles. The van der Waals surface area contributed by atoms with E-state index in [-0.39, 0.29) is 11.9 Å². The predicted octanol–water partition coefficient (Wildman–Crippen LogP) is 2.58. The van der Waals surface area contributed by atoms with Crippen LogP contribution >= 0.6 is 11.6 Å². The maximum absolute atomic E-state index is 14.0. The standard InChI is InChI=1S/C14H18ClFN4/c1-8-12(9(2)20(3)19-8)7-14(18-17)11-5-4-10(15)6-13(11)16/h4-6,14,18H,7,17H2,1-3H3. The summed E-state index contributed by atoms with van der Waals surface area (Å²) >= 11 is 5.77. The second-order valence-electron chi connectivity index (χ2n) is 4.86. The fourth-order valence-electron chi connectivity index (χ4n) is 2.36. The third-order valence-electron chi connectivity index (χ3n) is 3.61. The van der Waals surface area contributed by atoms with Crippen LogP contribution in [-0.4, -0.2) is 9.78 Å². The average molecular weight is 297 g/mol. The number of nitrogens with one attached hydrogen (secondary N) is 1. The maximum Gasteiger partial charge on any atom is 0.129 e. The second kappa shape index (κ2) is 5.91. The zero-order chi connectivity index (χ0) is 14.9. The number of nitrogens with two attached hydrogens (primary N) is 1. The average Bonchev–Trinajstić information content (AvgIpc) is 2.62. The minimum absolute atomic E-state index is 0.325. The number of hydrogen-bond acceptors (Lipinski definition) is 3. The largest absolute Gasteiger partial charge is 0.272 e. The Kier molecular flexibility index (Phi) is 4.42. The Bertz CT molecular complexity index is 624. The summed E-state index contributed by atoms with van der Waals surface area (Å²) in [4.78, 5) is 0. The van der Waals surface area contributed by atoms with Crippen molar-refractivity contribution in [2.24, 2.45) is 12.9 Å². The van der Waals surface area contributed by atoms with Crippen molar-refractivity contribution in [1.29, 1.82) is 0 Å². The van der Waals surface area contributed by atoms with E-state index >= 15 is 0 Å². The van der Waals surface area contributed by atoms with Gasteiger partial charge in [0.2, 0.25) is 0 Å². The molecule has 0 saturated carbocycles. The molecule has 0 radical (unpaired) electrons. The number of rotatable bonds is 4. The summed E-state index contributed by atoms with van der Waals surface area (Å²) in [5.41, 5.74) is 6.23. The zero-order valence-electron chi connectivity index (χ0n) is 11.7. The van der Waals surface area contributed by atoms with Crippen molar-refractivity contribution in [3.8, 4) is 0 Å². The monoisotopic (exact) mass is 296 g/mol. The fourth-order valence-corrected chi connectivity index (χ4v) is 2.52. The van der Waals surface area contributed by atoms with Crippen LogP contribution in [0.1, 0.15) is 28.6 Å². The quantitative estimate of drug-likeness (QED) is 0.673. The van der Waals surface area contributed by atoms with Crippen molar-refractivity contribution >= 4 is 11.6 Å². The van der Waals surface area contributed by atoms with E-state index in [1.807, 2.05) is 25.6 Å². The zero-order valence-corrected chi connectivity index (χ0v) is 12.5. The van der Waals surface area contributed by atoms with Crippen molar-refractivity contribution in [3.63, 3.8) is 0 Å². The maximum atomic E-state index is 14.0. The highest BCUT2D eigenvalue weighted by atomic mass is 35.5. The Hall–Kier alpha value is -1.43. The molecule has 0 amide bonds. The molecule has 1 aromatic heterocycles. The van der Waals surface area contributed by atoms with Gasteiger partial charge >= 0.3 is 0 Å². The summed E-state index contributed by atoms with van der Waals surface area (Å²) in [6.07, 6.45) is 0.570. The molecule has 6 heteroatoms. The molecule has 1 atom stereocenters. The highest BCUT2D eigenvalue weighted by Gasteiger charge is 2.19. The molecule has 2 aromatic rings. The Morgan fingerprint density at radius 1 is 1.45 bits per heavy atom. The fraction of sp³-hybridized carbons (Fsp3) is 0.357. The van der Waals surface area contributed by atoms with E-state index in [1.165, 1.54) is 6.07 Å². The molecule has 1 unspecified atom stereocenters. The summed E-state index contributed by atoms with van der Waals surface area (Å²) in [6.45, 7) is 3.93. The molecule has 0 aliphatic heterocycles. The van der Waals surface area contributed by atoms with Gasteiger partial charge in [-0.3, -0.25) is 16.0 Å². The van der Waals surface area contributed by atoms with Gasteiger partial charge in [-0.2, -0.15) is 5.10 Å². The van der Waals surface area contributed by atoms with Crippen molar-refractivity contribution in [2.45, 2.75) is 26.3 Å². The van der Waals surface area contributed by atoms with Gasteiger partial charge < -0.3 is 0 Å². The first-order valence-electron chi connectivity index (χ1n) is 6.34. The summed E-state index contributed by atoms with van der Waals surface area (Å²) in [5.74, 6) is 5.23. The molecule has 0 aliphatic carbocycles. The lowest BCUT2D eigenvalue weighted by Gasteiger charge is -2.17. The predicted molar refractivity (Wildman–Crippen MR) is 77.9 cm³/mol. The van der Waals surface area contributed by atoms with Gasteiger partial charge in [0, 0.05) is 23.3 Å². The van der Waals surface area contributed by atoms with Crippen LogP contribution in [0.25, 0.3) is 0 Å². The second-order valence-corrected chi connectivity index (χ2v) is 5.30. The summed E-state index contributed by atoms with van der Waals surface area (Å²) in [7, 11) is 1.89. The van der Waals surface area contributed by atoms with E-state index in [1.54, 1.807) is 12.1 Å². The van der Waals surface area contributed by atoms with E-state index in [0.717, 1.165) is 17.0 Å². The third-order valence-corrected chi connectivity index (χ3v) is 3.84. The Labute approximate surface area is 122 Å². The lowest BCUT2D eigenvalue weighted by atomic mass is 9.98. The number of hydrogen-bond donors (Lipinski definition) is 2. The molecule has 4 nitrogen and oxygen atoms in total. The van der Waals surface area contributed by atoms with Gasteiger partial charge in [-0.25, -0.2) is 4.39 Å². The van der Waals surface area contributed by atoms with Gasteiger partial charge in [0.15, 0.2) is 0 Å². The number of halogens is 2. The lowest BCUT2D eigenvalue weighted by Crippen LogP contribution is -2.30. The molecule has 20 heavy (non-hydrogen) atoms. The Balaban J connectivity index is 2.33. The number of aromatic nitrogens is 2. The lowest BCUT2D eigenvalue weighted by molar-refractivity contribution is 0.509. The smallest absolute Gasteiger partial charge is 0.129 e. The van der Waals surface area contributed by atoms with Crippen molar-refractivity contribution in [3.05, 3.63) is 51.6 Å². The first-order chi connectivity index (χ1) is 9.43. The Morgan fingerprint density at radius 3 is 2.65 bits per heavy atom. The molecular formula is C14H18ClFN4. The Morgan fingerprint density at radius 2 is 2.15 bits per heavy atom. The first kappa shape index (κ1) is 15.0. The van der Waals surface area contributed by atoms with Gasteiger partial charge in [0.25, 0.3) is 0 Å². The van der Waals surface area contributed by atoms with Crippen molar-refractivity contribution in [2.75, 3.05) is 0 Å².